The van der Waals surface area contributed by atoms with Crippen LogP contribution < -0.4 is 4.74 Å². The Bertz CT molecular complexity index is 1750. The van der Waals surface area contributed by atoms with Gasteiger partial charge in [0.2, 0.25) is 0 Å². The minimum atomic E-state index is -0.801. The molecule has 218 valence electrons. The molecule has 4 aliphatic rings. The predicted octanol–water partition coefficient (Wildman–Crippen LogP) is 4.74. The molecule has 0 N–H and O–H groups in total. The molecular formula is C34H25N3O7. The van der Waals surface area contributed by atoms with Gasteiger partial charge in [0.15, 0.2) is 5.78 Å². The van der Waals surface area contributed by atoms with E-state index in [0.717, 1.165) is 44.4 Å². The minimum Gasteiger partial charge on any atom is -0.497 e. The average molecular weight is 588 g/mol. The predicted molar refractivity (Wildman–Crippen MR) is 157 cm³/mol. The second-order valence-corrected chi connectivity index (χ2v) is 11.1. The van der Waals surface area contributed by atoms with E-state index in [1.807, 2.05) is 48.5 Å². The Morgan fingerprint density at radius 2 is 1.20 bits per heavy atom. The Kier molecular flexibility index (Phi) is 6.35. The molecule has 1 saturated heterocycles. The van der Waals surface area contributed by atoms with Crippen LogP contribution in [0.25, 0.3) is 0 Å². The molecule has 1 fully saturated rings. The van der Waals surface area contributed by atoms with Crippen molar-refractivity contribution < 1.29 is 28.8 Å². The lowest BCUT2D eigenvalue weighted by atomic mass is 9.55. The lowest BCUT2D eigenvalue weighted by molar-refractivity contribution is -0.384. The van der Waals surface area contributed by atoms with Crippen molar-refractivity contribution in [3.63, 3.8) is 0 Å². The van der Waals surface area contributed by atoms with Gasteiger partial charge < -0.3 is 4.74 Å². The molecule has 0 saturated carbocycles. The van der Waals surface area contributed by atoms with Gasteiger partial charge in [-0.25, -0.2) is 5.01 Å². The molecule has 8 rings (SSSR count). The molecule has 0 aromatic heterocycles. The first-order valence-electron chi connectivity index (χ1n) is 14.1. The van der Waals surface area contributed by atoms with Crippen molar-refractivity contribution in [3.05, 3.63) is 141 Å². The summed E-state index contributed by atoms with van der Waals surface area (Å²) in [4.78, 5) is 66.9. The first-order chi connectivity index (χ1) is 21.3. The summed E-state index contributed by atoms with van der Waals surface area (Å²) in [6.45, 7) is -0.603. The van der Waals surface area contributed by atoms with E-state index in [0.29, 0.717) is 5.75 Å². The summed E-state index contributed by atoms with van der Waals surface area (Å²) in [5.41, 5.74) is 3.91. The molecule has 3 aliphatic carbocycles. The molecule has 10 nitrogen and oxygen atoms in total. The average Bonchev–Trinajstić information content (AvgIpc) is 3.32. The van der Waals surface area contributed by atoms with E-state index in [-0.39, 0.29) is 16.8 Å². The van der Waals surface area contributed by atoms with Crippen molar-refractivity contribution in [2.24, 2.45) is 11.8 Å². The van der Waals surface area contributed by atoms with Gasteiger partial charge in [-0.2, -0.15) is 5.01 Å². The number of Topliss-reactive ketones (excluding diaryl/α,β-unsaturated/α-hetero) is 1. The van der Waals surface area contributed by atoms with Crippen LogP contribution in [0.5, 0.6) is 5.75 Å². The van der Waals surface area contributed by atoms with Crippen LogP contribution in [0.2, 0.25) is 0 Å². The number of hydrogen-bond acceptors (Lipinski definition) is 7. The lowest BCUT2D eigenvalue weighted by Crippen LogP contribution is -2.52. The Morgan fingerprint density at radius 3 is 1.64 bits per heavy atom. The fourth-order valence-electron chi connectivity index (χ4n) is 7.01. The number of non-ortho nitro benzene ring substituents is 1. The molecule has 1 heterocycles. The number of carbonyl (C=O) groups is 4. The van der Waals surface area contributed by atoms with Crippen molar-refractivity contribution in [3.8, 4) is 5.75 Å². The summed E-state index contributed by atoms with van der Waals surface area (Å²) < 4.78 is 5.17. The number of ketones is 1. The zero-order valence-electron chi connectivity index (χ0n) is 23.5. The molecule has 3 amide bonds. The highest BCUT2D eigenvalue weighted by molar-refractivity contribution is 6.11. The first kappa shape index (κ1) is 27.2. The molecule has 2 bridgehead atoms. The van der Waals surface area contributed by atoms with Crippen molar-refractivity contribution in [2.45, 2.75) is 11.8 Å². The molecule has 2 atom stereocenters. The van der Waals surface area contributed by atoms with E-state index in [1.54, 1.807) is 12.1 Å². The summed E-state index contributed by atoms with van der Waals surface area (Å²) >= 11 is 0. The van der Waals surface area contributed by atoms with Gasteiger partial charge >= 0.3 is 0 Å². The van der Waals surface area contributed by atoms with Crippen molar-refractivity contribution in [1.29, 1.82) is 0 Å². The normalized spacial score (nSPS) is 20.9. The van der Waals surface area contributed by atoms with Gasteiger partial charge in [-0.05, 0) is 58.7 Å². The molecule has 10 heteroatoms. The first-order valence-corrected chi connectivity index (χ1v) is 14.1. The van der Waals surface area contributed by atoms with E-state index < -0.39 is 58.6 Å². The van der Waals surface area contributed by atoms with E-state index in [2.05, 4.69) is 0 Å². The van der Waals surface area contributed by atoms with Gasteiger partial charge in [-0.15, -0.1) is 0 Å². The zero-order valence-corrected chi connectivity index (χ0v) is 23.5. The van der Waals surface area contributed by atoms with Crippen LogP contribution in [0.1, 0.15) is 54.8 Å². The minimum absolute atomic E-state index is 0.0110. The fourth-order valence-corrected chi connectivity index (χ4v) is 7.01. The third-order valence-electron chi connectivity index (χ3n) is 8.93. The maximum atomic E-state index is 14.4. The molecule has 1 aliphatic heterocycles. The number of hydrogen-bond donors (Lipinski definition) is 0. The zero-order chi connectivity index (χ0) is 30.7. The van der Waals surface area contributed by atoms with Crippen LogP contribution in [0.3, 0.4) is 0 Å². The van der Waals surface area contributed by atoms with Crippen LogP contribution in [0.15, 0.2) is 97.1 Å². The largest absolute Gasteiger partial charge is 0.497 e. The summed E-state index contributed by atoms with van der Waals surface area (Å²) in [5, 5.41) is 13.0. The third-order valence-corrected chi connectivity index (χ3v) is 8.93. The Balaban J connectivity index is 1.31. The van der Waals surface area contributed by atoms with Crippen molar-refractivity contribution >= 4 is 29.2 Å². The second-order valence-electron chi connectivity index (χ2n) is 11.1. The number of amides is 3. The molecule has 4 aromatic rings. The number of hydrazine groups is 1. The SMILES string of the molecule is COc1ccc(C(=O)CN(C(=O)c2ccc([N+](=O)[O-])cc2)N2C(=O)[C@H]3C4c5ccccc5C(c5ccccc54)[C@@H]3C2=O)cc1. The maximum absolute atomic E-state index is 14.4. The standard InChI is InChI=1S/C34H25N3O7/c1-44-22-16-12-19(13-17-22)27(38)18-35(32(39)20-10-14-21(15-11-20)37(42)43)36-33(40)30-28-23-6-2-3-7-24(23)29(31(30)34(36)41)26-9-5-4-8-25(26)28/h2-17,28-31H,18H2,1H3/t28?,29?,30-,31-/m0/s1. The second kappa shape index (κ2) is 10.3. The quantitative estimate of drug-likeness (QED) is 0.132. The number of carbonyl (C=O) groups excluding carboxylic acids is 4. The molecular weight excluding hydrogens is 562 g/mol. The van der Waals surface area contributed by atoms with Gasteiger partial charge in [0.25, 0.3) is 23.4 Å². The summed E-state index contributed by atoms with van der Waals surface area (Å²) in [6, 6.07) is 26.7. The number of nitrogens with zero attached hydrogens (tertiary/aromatic N) is 3. The highest BCUT2D eigenvalue weighted by Crippen LogP contribution is 2.61. The molecule has 0 unspecified atom stereocenters. The smallest absolute Gasteiger partial charge is 0.273 e. The van der Waals surface area contributed by atoms with Crippen LogP contribution in [-0.4, -0.2) is 52.1 Å². The summed E-state index contributed by atoms with van der Waals surface area (Å²) in [6.07, 6.45) is 0. The highest BCUT2D eigenvalue weighted by Gasteiger charge is 2.63. The van der Waals surface area contributed by atoms with Gasteiger partial charge in [-0.1, -0.05) is 48.5 Å². The lowest BCUT2D eigenvalue weighted by Gasteiger charge is -2.45. The monoisotopic (exact) mass is 587 g/mol. The Labute approximate surface area is 251 Å². The van der Waals surface area contributed by atoms with E-state index in [9.17, 15) is 29.3 Å². The number of methoxy groups -OCH3 is 1. The van der Waals surface area contributed by atoms with Crippen molar-refractivity contribution in [1.82, 2.24) is 10.0 Å². The van der Waals surface area contributed by atoms with Gasteiger partial charge in [-0.3, -0.25) is 29.3 Å². The summed E-state index contributed by atoms with van der Waals surface area (Å²) in [7, 11) is 1.50. The Hall–Kier alpha value is -5.64. The number of benzene rings is 4. The van der Waals surface area contributed by atoms with E-state index in [1.165, 1.54) is 31.4 Å². The van der Waals surface area contributed by atoms with Crippen LogP contribution in [0.4, 0.5) is 5.69 Å². The molecule has 44 heavy (non-hydrogen) atoms. The fraction of sp³-hybridized carbons (Fsp3) is 0.176. The molecule has 0 radical (unpaired) electrons. The van der Waals surface area contributed by atoms with Gasteiger partial charge in [0.05, 0.1) is 23.9 Å². The van der Waals surface area contributed by atoms with Crippen molar-refractivity contribution in [2.75, 3.05) is 13.7 Å². The number of ether oxygens (including phenoxy) is 1. The van der Waals surface area contributed by atoms with Gasteiger partial charge in [0.1, 0.15) is 12.3 Å². The number of nitro groups is 1. The van der Waals surface area contributed by atoms with Crippen LogP contribution >= 0.6 is 0 Å². The number of nitro benzene ring substituents is 1. The highest BCUT2D eigenvalue weighted by atomic mass is 16.6. The van der Waals surface area contributed by atoms with Crippen LogP contribution in [0, 0.1) is 22.0 Å². The third kappa shape index (κ3) is 4.02. The van der Waals surface area contributed by atoms with Gasteiger partial charge in [0, 0.05) is 35.1 Å². The molecule has 0 spiro atoms. The van der Waals surface area contributed by atoms with E-state index in [4.69, 9.17) is 4.74 Å². The van der Waals surface area contributed by atoms with E-state index >= 15 is 0 Å². The Morgan fingerprint density at radius 1 is 0.750 bits per heavy atom. The maximum Gasteiger partial charge on any atom is 0.273 e. The topological polar surface area (TPSA) is 127 Å². The molecule has 4 aromatic carbocycles. The van der Waals surface area contributed by atoms with Crippen LogP contribution in [-0.2, 0) is 9.59 Å². The number of imide groups is 1. The number of rotatable bonds is 7. The summed E-state index contributed by atoms with van der Waals surface area (Å²) in [5.74, 6) is -4.21.